The van der Waals surface area contributed by atoms with Crippen LogP contribution in [0.25, 0.3) is 207 Å². The van der Waals surface area contributed by atoms with Crippen molar-refractivity contribution in [3.8, 4) is 77.9 Å². The minimum Gasteiger partial charge on any atom is -0.456 e. The van der Waals surface area contributed by atoms with Gasteiger partial charge in [-0.15, -0.1) is 11.3 Å². The second-order valence-electron chi connectivity index (χ2n) is 30.9. The summed E-state index contributed by atoms with van der Waals surface area (Å²) >= 11 is 1.85. The molecule has 0 amide bonds. The molecule has 4 heterocycles. The summed E-state index contributed by atoms with van der Waals surface area (Å²) in [4.78, 5) is 4.81. The molecule has 0 bridgehead atoms. The highest BCUT2D eigenvalue weighted by molar-refractivity contribution is 7.25. The maximum atomic E-state index is 7.06. The largest absolute Gasteiger partial charge is 0.456 e. The van der Waals surface area contributed by atoms with Crippen molar-refractivity contribution in [3.63, 3.8) is 0 Å². The smallest absolute Gasteiger partial charge is 0.143 e. The van der Waals surface area contributed by atoms with E-state index in [9.17, 15) is 0 Å². The topological polar surface area (TPSA) is 45.9 Å². The third kappa shape index (κ3) is 11.1. The number of furan rings is 3. The van der Waals surface area contributed by atoms with Crippen molar-refractivity contribution in [2.24, 2.45) is 0 Å². The van der Waals surface area contributed by atoms with E-state index < -0.39 is 0 Å². The van der Waals surface area contributed by atoms with Crippen molar-refractivity contribution >= 4 is 175 Å². The molecular formula is C112H68N2O3S. The van der Waals surface area contributed by atoms with E-state index in [1.54, 1.807) is 0 Å². The molecule has 0 saturated carbocycles. The molecule has 0 aliphatic carbocycles. The van der Waals surface area contributed by atoms with Crippen LogP contribution in [-0.4, -0.2) is 0 Å². The summed E-state index contributed by atoms with van der Waals surface area (Å²) in [6, 6.07) is 150. The molecule has 0 spiro atoms. The highest BCUT2D eigenvalue weighted by atomic mass is 32.1. The van der Waals surface area contributed by atoms with Crippen LogP contribution in [-0.2, 0) is 0 Å². The summed E-state index contributed by atoms with van der Waals surface area (Å²) < 4.78 is 23.2. The maximum absolute atomic E-state index is 7.06. The molecule has 24 aromatic rings. The molecule has 20 aromatic carbocycles. The molecule has 6 heteroatoms. The van der Waals surface area contributed by atoms with Crippen molar-refractivity contribution in [2.45, 2.75) is 0 Å². The van der Waals surface area contributed by atoms with Gasteiger partial charge in [0.05, 0.1) is 11.4 Å². The van der Waals surface area contributed by atoms with Crippen molar-refractivity contribution in [2.75, 3.05) is 9.80 Å². The Hall–Kier alpha value is -15.3. The summed E-state index contributed by atoms with van der Waals surface area (Å²) in [7, 11) is 0. The zero-order valence-electron chi connectivity index (χ0n) is 63.8. The minimum absolute atomic E-state index is 0.836. The summed E-state index contributed by atoms with van der Waals surface area (Å²) in [6.07, 6.45) is 0. The van der Waals surface area contributed by atoms with Crippen LogP contribution < -0.4 is 9.80 Å². The highest BCUT2D eigenvalue weighted by Gasteiger charge is 2.26. The van der Waals surface area contributed by atoms with Gasteiger partial charge in [0.25, 0.3) is 0 Å². The van der Waals surface area contributed by atoms with Gasteiger partial charge in [0.2, 0.25) is 0 Å². The SMILES string of the molecule is c1ccc(N(c2ccc(-c3ccc4oc5cc(-c6ccc7c(ccc8c7oc7cccc(-c9ccccc9N(c9ccc(-c%10ccc%11sc%12ccccc%12c%11c%10)cc9)c9ccc(-c%10cccc%11ccccc%10%11)cc9)c78)c6)ccc5c4c3)cc2)c2ccc(-c3cccc4ccccc34)cc2)c(-c2cccc3oc4c5ccccc5ccc4c23)c1. The van der Waals surface area contributed by atoms with Gasteiger partial charge >= 0.3 is 0 Å². The molecule has 4 aromatic heterocycles. The van der Waals surface area contributed by atoms with Crippen LogP contribution >= 0.6 is 11.3 Å². The van der Waals surface area contributed by atoms with Gasteiger partial charge in [0.1, 0.15) is 33.5 Å². The Morgan fingerprint density at radius 2 is 0.551 bits per heavy atom. The van der Waals surface area contributed by atoms with Gasteiger partial charge < -0.3 is 23.1 Å². The number of fused-ring (bicyclic) bond motifs is 18. The zero-order valence-corrected chi connectivity index (χ0v) is 64.6. The second-order valence-corrected chi connectivity index (χ2v) is 32.0. The molecule has 0 radical (unpaired) electrons. The van der Waals surface area contributed by atoms with Crippen LogP contribution in [0.15, 0.2) is 426 Å². The monoisotopic (exact) mass is 1520 g/mol. The summed E-state index contributed by atoms with van der Waals surface area (Å²) in [6.45, 7) is 0. The van der Waals surface area contributed by atoms with Gasteiger partial charge in [-0.2, -0.15) is 0 Å². The molecule has 0 saturated heterocycles. The Labute approximate surface area is 683 Å². The standard InChI is InChI=1S/C112H68N2O3S/c1-4-22-85-71(17-1)20-13-28-87(85)74-41-55-83(56-42-74)113(101-32-10-7-25-91(101)95-30-15-34-104-109(95)97-61-45-73-19-3-6-24-89(73)111(97)116-104)81-51-37-69(38-52-81)77-49-63-103-99(66-77)93-60-47-79(68-106(93)115-103)76-46-59-90-80(65-76)48-62-98-110-96(31-16-35-105(110)117-112(90)98)92-26-8-11-33-102(92)114(84-57-43-75(44-58-84)88-29-14-21-72-18-2-5-23-86(72)88)82-53-39-70(40-54-82)78-50-64-108-100(67-78)94-27-9-12-36-107(94)118-108/h1-68H. The molecule has 118 heavy (non-hydrogen) atoms. The van der Waals surface area contributed by atoms with Crippen LogP contribution in [0.3, 0.4) is 0 Å². The number of rotatable bonds is 13. The Kier molecular flexibility index (Phi) is 15.5. The lowest BCUT2D eigenvalue weighted by Gasteiger charge is -2.28. The number of hydrogen-bond acceptors (Lipinski definition) is 6. The van der Waals surface area contributed by atoms with Gasteiger partial charge in [0.15, 0.2) is 0 Å². The van der Waals surface area contributed by atoms with Gasteiger partial charge in [-0.05, 0) is 239 Å². The number of benzene rings is 20. The van der Waals surface area contributed by atoms with Gasteiger partial charge in [-0.1, -0.05) is 273 Å². The second kappa shape index (κ2) is 27.2. The molecule has 24 rings (SSSR count). The van der Waals surface area contributed by atoms with E-state index in [0.717, 1.165) is 172 Å². The fraction of sp³-hybridized carbons (Fsp3) is 0. The first-order chi connectivity index (χ1) is 58.5. The average Bonchev–Trinajstić information content (AvgIpc) is 1.52. The Bertz CT molecular complexity index is 8180. The number of hydrogen-bond donors (Lipinski definition) is 0. The Balaban J connectivity index is 0.553. The molecule has 0 N–H and O–H groups in total. The fourth-order valence-corrected chi connectivity index (χ4v) is 19.7. The quantitative estimate of drug-likeness (QED) is 0.115. The molecular weight excluding hydrogens is 1450 g/mol. The van der Waals surface area contributed by atoms with E-state index in [-0.39, 0.29) is 0 Å². The van der Waals surface area contributed by atoms with E-state index in [2.05, 4.69) is 422 Å². The number of para-hydroxylation sites is 2. The average molecular weight is 1520 g/mol. The maximum Gasteiger partial charge on any atom is 0.143 e. The molecule has 5 nitrogen and oxygen atoms in total. The zero-order chi connectivity index (χ0) is 77.5. The van der Waals surface area contributed by atoms with Crippen molar-refractivity contribution in [1.82, 2.24) is 0 Å². The Morgan fingerprint density at radius 3 is 1.12 bits per heavy atom. The molecule has 0 aliphatic heterocycles. The van der Waals surface area contributed by atoms with Gasteiger partial charge in [-0.25, -0.2) is 0 Å². The van der Waals surface area contributed by atoms with Crippen LogP contribution in [0.1, 0.15) is 0 Å². The van der Waals surface area contributed by atoms with Crippen LogP contribution in [0.2, 0.25) is 0 Å². The van der Waals surface area contributed by atoms with Gasteiger partial charge in [-0.3, -0.25) is 0 Å². The predicted molar refractivity (Wildman–Crippen MR) is 499 cm³/mol. The van der Waals surface area contributed by atoms with E-state index in [1.807, 2.05) is 11.3 Å². The molecule has 0 atom stereocenters. The van der Waals surface area contributed by atoms with E-state index in [1.165, 1.54) is 69.5 Å². The lowest BCUT2D eigenvalue weighted by Crippen LogP contribution is -2.11. The van der Waals surface area contributed by atoms with Crippen LogP contribution in [0.4, 0.5) is 34.1 Å². The number of anilines is 6. The van der Waals surface area contributed by atoms with Crippen molar-refractivity contribution in [1.29, 1.82) is 0 Å². The summed E-state index contributed by atoms with van der Waals surface area (Å²) in [5.41, 5.74) is 27.3. The fourth-order valence-electron chi connectivity index (χ4n) is 18.6. The first-order valence-corrected chi connectivity index (χ1v) is 41.0. The summed E-state index contributed by atoms with van der Waals surface area (Å²) in [5, 5.41) is 18.4. The molecule has 550 valence electrons. The highest BCUT2D eigenvalue weighted by Crippen LogP contribution is 2.51. The lowest BCUT2D eigenvalue weighted by atomic mass is 9.95. The van der Waals surface area contributed by atoms with Crippen molar-refractivity contribution < 1.29 is 13.3 Å². The van der Waals surface area contributed by atoms with Crippen molar-refractivity contribution in [3.05, 3.63) is 413 Å². The van der Waals surface area contributed by atoms with Crippen LogP contribution in [0.5, 0.6) is 0 Å². The first-order valence-electron chi connectivity index (χ1n) is 40.2. The van der Waals surface area contributed by atoms with Crippen LogP contribution in [0, 0.1) is 0 Å². The van der Waals surface area contributed by atoms with E-state index in [4.69, 9.17) is 13.3 Å². The molecule has 0 aliphatic rings. The number of thiophene rings is 1. The predicted octanol–water partition coefficient (Wildman–Crippen LogP) is 33.0. The first kappa shape index (κ1) is 67.2. The summed E-state index contributed by atoms with van der Waals surface area (Å²) in [5.74, 6) is 0. The molecule has 0 fully saturated rings. The van der Waals surface area contributed by atoms with Gasteiger partial charge in [0, 0.05) is 97.1 Å². The third-order valence-corrected chi connectivity index (χ3v) is 25.4. The third-order valence-electron chi connectivity index (χ3n) is 24.3. The van der Waals surface area contributed by atoms with E-state index >= 15 is 0 Å². The minimum atomic E-state index is 0.836. The molecule has 0 unspecified atom stereocenters. The Morgan fingerprint density at radius 1 is 0.178 bits per heavy atom. The normalized spacial score (nSPS) is 11.9. The number of nitrogens with zero attached hydrogens (tertiary/aromatic N) is 2. The van der Waals surface area contributed by atoms with E-state index in [0.29, 0.717) is 0 Å². The lowest BCUT2D eigenvalue weighted by molar-refractivity contribution is 0.669.